The maximum absolute atomic E-state index is 11.0. The molecule has 0 aliphatic rings. The van der Waals surface area contributed by atoms with E-state index in [2.05, 4.69) is 0 Å². The first-order chi connectivity index (χ1) is 8.08. The molecule has 1 rings (SSSR count). The molecule has 2 atom stereocenters. The highest BCUT2D eigenvalue weighted by atomic mass is 16.5. The van der Waals surface area contributed by atoms with Crippen molar-refractivity contribution in [2.45, 2.75) is 38.9 Å². The molecule has 0 fully saturated rings. The van der Waals surface area contributed by atoms with Gasteiger partial charge < -0.3 is 15.6 Å². The van der Waals surface area contributed by atoms with E-state index in [0.717, 1.165) is 5.56 Å². The predicted molar refractivity (Wildman–Crippen MR) is 65.6 cm³/mol. The molecular formula is C13H19NO3. The Labute approximate surface area is 101 Å². The SMILES string of the molecule is CCC(Oc1ccc(C(O)CC)cc1)C(N)=O. The molecule has 4 heteroatoms. The van der Waals surface area contributed by atoms with Crippen molar-refractivity contribution in [3.05, 3.63) is 29.8 Å². The van der Waals surface area contributed by atoms with Crippen molar-refractivity contribution in [1.29, 1.82) is 0 Å². The molecule has 0 saturated carbocycles. The third kappa shape index (κ3) is 3.75. The van der Waals surface area contributed by atoms with Gasteiger partial charge in [0, 0.05) is 0 Å². The van der Waals surface area contributed by atoms with Gasteiger partial charge in [0.1, 0.15) is 5.75 Å². The summed E-state index contributed by atoms with van der Waals surface area (Å²) in [7, 11) is 0. The van der Waals surface area contributed by atoms with Crippen LogP contribution in [0.3, 0.4) is 0 Å². The molecule has 0 radical (unpaired) electrons. The van der Waals surface area contributed by atoms with Crippen molar-refractivity contribution < 1.29 is 14.6 Å². The average Bonchev–Trinajstić information content (AvgIpc) is 2.35. The van der Waals surface area contributed by atoms with Crippen LogP contribution >= 0.6 is 0 Å². The fourth-order valence-electron chi connectivity index (χ4n) is 1.51. The van der Waals surface area contributed by atoms with Gasteiger partial charge in [0.25, 0.3) is 5.91 Å². The van der Waals surface area contributed by atoms with Crippen LogP contribution in [-0.2, 0) is 4.79 Å². The molecule has 17 heavy (non-hydrogen) atoms. The first-order valence-electron chi connectivity index (χ1n) is 5.82. The number of hydrogen-bond donors (Lipinski definition) is 2. The van der Waals surface area contributed by atoms with E-state index in [4.69, 9.17) is 10.5 Å². The lowest BCUT2D eigenvalue weighted by atomic mass is 10.1. The molecule has 4 nitrogen and oxygen atoms in total. The number of primary amides is 1. The van der Waals surface area contributed by atoms with Crippen molar-refractivity contribution in [2.75, 3.05) is 0 Å². The first-order valence-corrected chi connectivity index (χ1v) is 5.82. The third-order valence-electron chi connectivity index (χ3n) is 2.62. The van der Waals surface area contributed by atoms with Gasteiger partial charge in [0.15, 0.2) is 6.10 Å². The van der Waals surface area contributed by atoms with Crippen LogP contribution in [0.4, 0.5) is 0 Å². The highest BCUT2D eigenvalue weighted by molar-refractivity contribution is 5.79. The smallest absolute Gasteiger partial charge is 0.258 e. The Morgan fingerprint density at radius 2 is 1.88 bits per heavy atom. The van der Waals surface area contributed by atoms with Gasteiger partial charge in [-0.2, -0.15) is 0 Å². The topological polar surface area (TPSA) is 72.6 Å². The first kappa shape index (κ1) is 13.5. The van der Waals surface area contributed by atoms with E-state index in [0.29, 0.717) is 18.6 Å². The lowest BCUT2D eigenvalue weighted by molar-refractivity contribution is -0.124. The second-order valence-electron chi connectivity index (χ2n) is 3.91. The summed E-state index contributed by atoms with van der Waals surface area (Å²) in [6.45, 7) is 3.75. The fraction of sp³-hybridized carbons (Fsp3) is 0.462. The molecule has 0 bridgehead atoms. The van der Waals surface area contributed by atoms with Crippen molar-refractivity contribution in [1.82, 2.24) is 0 Å². The van der Waals surface area contributed by atoms with E-state index in [9.17, 15) is 9.90 Å². The molecule has 0 spiro atoms. The van der Waals surface area contributed by atoms with Crippen LogP contribution in [0, 0.1) is 0 Å². The molecule has 1 aromatic rings. The highest BCUT2D eigenvalue weighted by Crippen LogP contribution is 2.20. The number of rotatable bonds is 6. The standard InChI is InChI=1S/C13H19NO3/c1-3-11(15)9-5-7-10(8-6-9)17-12(4-2)13(14)16/h5-8,11-12,15H,3-4H2,1-2H3,(H2,14,16). The van der Waals surface area contributed by atoms with Crippen LogP contribution in [0.5, 0.6) is 5.75 Å². The van der Waals surface area contributed by atoms with Crippen molar-refractivity contribution in [3.63, 3.8) is 0 Å². The summed E-state index contributed by atoms with van der Waals surface area (Å²) in [5.41, 5.74) is 6.03. The Morgan fingerprint density at radius 1 is 1.29 bits per heavy atom. The van der Waals surface area contributed by atoms with E-state index in [1.807, 2.05) is 13.8 Å². The maximum atomic E-state index is 11.0. The summed E-state index contributed by atoms with van der Waals surface area (Å²) in [5, 5.41) is 9.62. The van der Waals surface area contributed by atoms with Crippen LogP contribution in [0.1, 0.15) is 38.4 Å². The number of hydrogen-bond acceptors (Lipinski definition) is 3. The largest absolute Gasteiger partial charge is 0.481 e. The Balaban J connectivity index is 2.71. The maximum Gasteiger partial charge on any atom is 0.258 e. The number of benzene rings is 1. The molecule has 1 aromatic carbocycles. The van der Waals surface area contributed by atoms with Crippen molar-refractivity contribution in [3.8, 4) is 5.75 Å². The minimum absolute atomic E-state index is 0.456. The van der Waals surface area contributed by atoms with Crippen LogP contribution in [0.2, 0.25) is 0 Å². The van der Waals surface area contributed by atoms with Gasteiger partial charge in [-0.1, -0.05) is 26.0 Å². The lowest BCUT2D eigenvalue weighted by Gasteiger charge is -2.15. The Morgan fingerprint density at radius 3 is 2.29 bits per heavy atom. The molecule has 0 aliphatic heterocycles. The Bertz CT molecular complexity index is 361. The second-order valence-corrected chi connectivity index (χ2v) is 3.91. The number of carbonyl (C=O) groups is 1. The minimum atomic E-state index is -0.600. The van der Waals surface area contributed by atoms with Gasteiger partial charge in [0.2, 0.25) is 0 Å². The fourth-order valence-corrected chi connectivity index (χ4v) is 1.51. The average molecular weight is 237 g/mol. The second kappa shape index (κ2) is 6.25. The Kier molecular flexibility index (Phi) is 4.97. The van der Waals surface area contributed by atoms with Crippen molar-refractivity contribution in [2.24, 2.45) is 5.73 Å². The van der Waals surface area contributed by atoms with E-state index >= 15 is 0 Å². The molecular weight excluding hydrogens is 218 g/mol. The Hall–Kier alpha value is -1.55. The van der Waals surface area contributed by atoms with Crippen LogP contribution in [0.25, 0.3) is 0 Å². The van der Waals surface area contributed by atoms with E-state index < -0.39 is 18.1 Å². The van der Waals surface area contributed by atoms with Gasteiger partial charge in [-0.25, -0.2) is 0 Å². The van der Waals surface area contributed by atoms with E-state index in [-0.39, 0.29) is 0 Å². The molecule has 1 amide bonds. The lowest BCUT2D eigenvalue weighted by Crippen LogP contribution is -2.32. The third-order valence-corrected chi connectivity index (χ3v) is 2.62. The summed E-state index contributed by atoms with van der Waals surface area (Å²) < 4.78 is 5.44. The van der Waals surface area contributed by atoms with Gasteiger partial charge in [-0.05, 0) is 30.5 Å². The van der Waals surface area contributed by atoms with Gasteiger partial charge >= 0.3 is 0 Å². The van der Waals surface area contributed by atoms with Crippen molar-refractivity contribution >= 4 is 5.91 Å². The number of aliphatic hydroxyl groups is 1. The summed E-state index contributed by atoms with van der Waals surface area (Å²) >= 11 is 0. The zero-order valence-corrected chi connectivity index (χ0v) is 10.2. The number of nitrogens with two attached hydrogens (primary N) is 1. The number of amides is 1. The van der Waals surface area contributed by atoms with Gasteiger partial charge in [-0.15, -0.1) is 0 Å². The summed E-state index contributed by atoms with van der Waals surface area (Å²) in [6.07, 6.45) is 0.146. The predicted octanol–water partition coefficient (Wildman–Crippen LogP) is 1.77. The number of carbonyl (C=O) groups excluding carboxylic acids is 1. The van der Waals surface area contributed by atoms with E-state index in [1.165, 1.54) is 0 Å². The van der Waals surface area contributed by atoms with Crippen LogP contribution < -0.4 is 10.5 Å². The number of ether oxygens (including phenoxy) is 1. The van der Waals surface area contributed by atoms with Crippen LogP contribution in [-0.4, -0.2) is 17.1 Å². The zero-order valence-electron chi connectivity index (χ0n) is 10.2. The molecule has 0 heterocycles. The molecule has 0 aromatic heterocycles. The van der Waals surface area contributed by atoms with Gasteiger partial charge in [0.05, 0.1) is 6.10 Å². The highest BCUT2D eigenvalue weighted by Gasteiger charge is 2.14. The quantitative estimate of drug-likeness (QED) is 0.792. The summed E-state index contributed by atoms with van der Waals surface area (Å²) in [6, 6.07) is 7.05. The molecule has 3 N–H and O–H groups in total. The minimum Gasteiger partial charge on any atom is -0.481 e. The monoisotopic (exact) mass is 237 g/mol. The zero-order chi connectivity index (χ0) is 12.8. The molecule has 0 aliphatic carbocycles. The summed E-state index contributed by atoms with van der Waals surface area (Å²) in [4.78, 5) is 11.0. The molecule has 2 unspecified atom stereocenters. The normalized spacial score (nSPS) is 14.1. The molecule has 0 saturated heterocycles. The number of aliphatic hydroxyl groups excluding tert-OH is 1. The molecule has 94 valence electrons. The summed E-state index contributed by atoms with van der Waals surface area (Å²) in [5.74, 6) is 0.118. The van der Waals surface area contributed by atoms with Crippen LogP contribution in [0.15, 0.2) is 24.3 Å². The van der Waals surface area contributed by atoms with E-state index in [1.54, 1.807) is 24.3 Å². The van der Waals surface area contributed by atoms with Gasteiger partial charge in [-0.3, -0.25) is 4.79 Å².